The fourth-order valence-electron chi connectivity index (χ4n) is 1.44. The highest BCUT2D eigenvalue weighted by Gasteiger charge is 2.10. The Morgan fingerprint density at radius 1 is 1.53 bits per heavy atom. The summed E-state index contributed by atoms with van der Waals surface area (Å²) in [6, 6.07) is 5.21. The fourth-order valence-corrected chi connectivity index (χ4v) is 2.15. The normalized spacial score (nSPS) is 12.4. The van der Waals surface area contributed by atoms with Gasteiger partial charge in [-0.3, -0.25) is 0 Å². The molecular weight excluding hydrogens is 258 g/mol. The molecule has 0 spiro atoms. The summed E-state index contributed by atoms with van der Waals surface area (Å²) in [5, 5.41) is 13.0. The van der Waals surface area contributed by atoms with Gasteiger partial charge in [-0.05, 0) is 25.1 Å². The van der Waals surface area contributed by atoms with Crippen LogP contribution in [0.1, 0.15) is 23.6 Å². The molecule has 1 atom stereocenters. The Kier molecular flexibility index (Phi) is 3.99. The number of ether oxygens (including phenoxy) is 1. The molecule has 1 N–H and O–H groups in total. The minimum atomic E-state index is -0.611. The van der Waals surface area contributed by atoms with E-state index in [1.165, 1.54) is 11.3 Å². The summed E-state index contributed by atoms with van der Waals surface area (Å²) in [4.78, 5) is 4.13. The summed E-state index contributed by atoms with van der Waals surface area (Å²) in [5.74, 6) is 0.639. The maximum absolute atomic E-state index is 9.63. The van der Waals surface area contributed by atoms with Gasteiger partial charge in [-0.1, -0.05) is 11.6 Å². The lowest BCUT2D eigenvalue weighted by Crippen LogP contribution is -2.00. The van der Waals surface area contributed by atoms with E-state index < -0.39 is 6.10 Å². The number of aliphatic hydroxyl groups is 1. The molecule has 2 aromatic rings. The first-order valence-corrected chi connectivity index (χ1v) is 6.41. The van der Waals surface area contributed by atoms with Gasteiger partial charge < -0.3 is 9.84 Å². The van der Waals surface area contributed by atoms with Crippen molar-refractivity contribution in [3.8, 4) is 5.75 Å². The number of hydrogen-bond donors (Lipinski definition) is 1. The Labute approximate surface area is 109 Å². The average molecular weight is 270 g/mol. The van der Waals surface area contributed by atoms with Crippen LogP contribution in [0, 0.1) is 0 Å². The van der Waals surface area contributed by atoms with Crippen molar-refractivity contribution >= 4 is 22.9 Å². The first kappa shape index (κ1) is 12.4. The third-order valence-electron chi connectivity index (χ3n) is 2.26. The fraction of sp³-hybridized carbons (Fsp3) is 0.250. The second-order valence-corrected chi connectivity index (χ2v) is 4.99. The summed E-state index contributed by atoms with van der Waals surface area (Å²) >= 11 is 7.42. The van der Waals surface area contributed by atoms with Gasteiger partial charge in [0.15, 0.2) is 0 Å². The monoisotopic (exact) mass is 269 g/mol. The van der Waals surface area contributed by atoms with Crippen molar-refractivity contribution in [1.82, 2.24) is 4.98 Å². The topological polar surface area (TPSA) is 42.4 Å². The van der Waals surface area contributed by atoms with Crippen molar-refractivity contribution in [3.63, 3.8) is 0 Å². The number of halogens is 1. The maximum Gasteiger partial charge on any atom is 0.140 e. The second-order valence-electron chi connectivity index (χ2n) is 3.57. The van der Waals surface area contributed by atoms with Crippen LogP contribution < -0.4 is 4.74 Å². The molecule has 2 rings (SSSR count). The molecule has 5 heteroatoms. The van der Waals surface area contributed by atoms with E-state index in [2.05, 4.69) is 4.98 Å². The molecular formula is C12H12ClNO2S. The predicted molar refractivity (Wildman–Crippen MR) is 68.5 cm³/mol. The molecule has 0 bridgehead atoms. The van der Waals surface area contributed by atoms with Crippen LogP contribution in [0.15, 0.2) is 29.8 Å². The predicted octanol–water partition coefficient (Wildman–Crippen LogP) is 3.43. The van der Waals surface area contributed by atoms with Gasteiger partial charge in [0.1, 0.15) is 17.4 Å². The molecule has 17 heavy (non-hydrogen) atoms. The number of nitrogens with zero attached hydrogens (tertiary/aromatic N) is 1. The highest BCUT2D eigenvalue weighted by atomic mass is 35.5. The zero-order valence-corrected chi connectivity index (χ0v) is 10.8. The van der Waals surface area contributed by atoms with Crippen LogP contribution in [0.25, 0.3) is 0 Å². The number of aliphatic hydroxyl groups excluding tert-OH is 1. The molecule has 0 aliphatic heterocycles. The largest absolute Gasteiger partial charge is 0.486 e. The molecule has 0 aliphatic rings. The minimum absolute atomic E-state index is 0.402. The molecule has 1 aromatic carbocycles. The lowest BCUT2D eigenvalue weighted by atomic mass is 10.1. The van der Waals surface area contributed by atoms with Gasteiger partial charge in [-0.25, -0.2) is 4.98 Å². The zero-order chi connectivity index (χ0) is 12.3. The molecule has 0 radical (unpaired) electrons. The first-order valence-electron chi connectivity index (χ1n) is 5.15. The van der Waals surface area contributed by atoms with Crippen LogP contribution in [0.4, 0.5) is 0 Å². The number of aromatic nitrogens is 1. The Morgan fingerprint density at radius 3 is 3.00 bits per heavy atom. The SMILES string of the molecule is C[C@H](O)c1cc(Cl)ccc1OCc1nccs1. The van der Waals surface area contributed by atoms with Crippen LogP contribution in [-0.2, 0) is 6.61 Å². The Morgan fingerprint density at radius 2 is 2.35 bits per heavy atom. The number of rotatable bonds is 4. The Balaban J connectivity index is 2.14. The van der Waals surface area contributed by atoms with Gasteiger partial charge in [-0.2, -0.15) is 0 Å². The maximum atomic E-state index is 9.63. The molecule has 3 nitrogen and oxygen atoms in total. The minimum Gasteiger partial charge on any atom is -0.486 e. The summed E-state index contributed by atoms with van der Waals surface area (Å²) in [7, 11) is 0. The summed E-state index contributed by atoms with van der Waals surface area (Å²) in [5.41, 5.74) is 0.689. The zero-order valence-electron chi connectivity index (χ0n) is 9.26. The second kappa shape index (κ2) is 5.49. The first-order chi connectivity index (χ1) is 8.16. The highest BCUT2D eigenvalue weighted by molar-refractivity contribution is 7.09. The third-order valence-corrected chi connectivity index (χ3v) is 3.24. The summed E-state index contributed by atoms with van der Waals surface area (Å²) in [6.45, 7) is 2.08. The van der Waals surface area contributed by atoms with Crippen LogP contribution in [0.2, 0.25) is 5.02 Å². The van der Waals surface area contributed by atoms with Crippen molar-refractivity contribution in [2.45, 2.75) is 19.6 Å². The van der Waals surface area contributed by atoms with E-state index in [0.29, 0.717) is 22.9 Å². The van der Waals surface area contributed by atoms with E-state index >= 15 is 0 Å². The van der Waals surface area contributed by atoms with Crippen molar-refractivity contribution in [2.75, 3.05) is 0 Å². The van der Waals surface area contributed by atoms with E-state index in [1.807, 2.05) is 5.38 Å². The van der Waals surface area contributed by atoms with Gasteiger partial charge in [0, 0.05) is 22.2 Å². The Hall–Kier alpha value is -1.10. The van der Waals surface area contributed by atoms with E-state index in [9.17, 15) is 5.11 Å². The van der Waals surface area contributed by atoms with Gasteiger partial charge in [0.25, 0.3) is 0 Å². The lowest BCUT2D eigenvalue weighted by molar-refractivity contribution is 0.190. The molecule has 0 unspecified atom stereocenters. The number of benzene rings is 1. The van der Waals surface area contributed by atoms with Gasteiger partial charge in [0.05, 0.1) is 6.10 Å². The third kappa shape index (κ3) is 3.19. The van der Waals surface area contributed by atoms with E-state index in [0.717, 1.165) is 5.01 Å². The van der Waals surface area contributed by atoms with Crippen LogP contribution >= 0.6 is 22.9 Å². The van der Waals surface area contributed by atoms with Gasteiger partial charge in [0.2, 0.25) is 0 Å². The van der Waals surface area contributed by atoms with Crippen LogP contribution in [0.3, 0.4) is 0 Å². The van der Waals surface area contributed by atoms with Crippen LogP contribution in [0.5, 0.6) is 5.75 Å². The summed E-state index contributed by atoms with van der Waals surface area (Å²) in [6.07, 6.45) is 1.13. The van der Waals surface area contributed by atoms with Gasteiger partial charge >= 0.3 is 0 Å². The smallest absolute Gasteiger partial charge is 0.140 e. The lowest BCUT2D eigenvalue weighted by Gasteiger charge is -2.12. The van der Waals surface area contributed by atoms with E-state index in [4.69, 9.17) is 16.3 Å². The van der Waals surface area contributed by atoms with Crippen molar-refractivity contribution < 1.29 is 9.84 Å². The molecule has 1 heterocycles. The average Bonchev–Trinajstić information content (AvgIpc) is 2.80. The molecule has 0 saturated heterocycles. The highest BCUT2D eigenvalue weighted by Crippen LogP contribution is 2.28. The number of hydrogen-bond acceptors (Lipinski definition) is 4. The molecule has 0 saturated carbocycles. The van der Waals surface area contributed by atoms with Crippen molar-refractivity contribution in [2.24, 2.45) is 0 Å². The molecule has 0 fully saturated rings. The number of thiazole rings is 1. The molecule has 0 aliphatic carbocycles. The van der Waals surface area contributed by atoms with Crippen molar-refractivity contribution in [3.05, 3.63) is 45.4 Å². The van der Waals surface area contributed by atoms with E-state index in [1.54, 1.807) is 31.3 Å². The Bertz CT molecular complexity index is 485. The molecule has 1 aromatic heterocycles. The molecule has 90 valence electrons. The van der Waals surface area contributed by atoms with Crippen LogP contribution in [-0.4, -0.2) is 10.1 Å². The summed E-state index contributed by atoms with van der Waals surface area (Å²) < 4.78 is 5.63. The standard InChI is InChI=1S/C12H12ClNO2S/c1-8(15)10-6-9(13)2-3-11(10)16-7-12-14-4-5-17-12/h2-6,8,15H,7H2,1H3/t8-/m0/s1. The van der Waals surface area contributed by atoms with Gasteiger partial charge in [-0.15, -0.1) is 11.3 Å². The molecule has 0 amide bonds. The quantitative estimate of drug-likeness (QED) is 0.925. The van der Waals surface area contributed by atoms with Crippen molar-refractivity contribution in [1.29, 1.82) is 0 Å². The van der Waals surface area contributed by atoms with E-state index in [-0.39, 0.29) is 0 Å².